The minimum atomic E-state index is -0.0562. The van der Waals surface area contributed by atoms with E-state index < -0.39 is 0 Å². The number of imidazole rings is 1. The smallest absolute Gasteiger partial charge is 0.229 e. The number of aliphatic hydroxyl groups is 1. The van der Waals surface area contributed by atoms with Crippen molar-refractivity contribution in [3.63, 3.8) is 0 Å². The van der Waals surface area contributed by atoms with Crippen LogP contribution in [-0.4, -0.2) is 42.9 Å². The van der Waals surface area contributed by atoms with Crippen LogP contribution in [-0.2, 0) is 6.61 Å². The molecule has 3 aromatic heterocycles. The quantitative estimate of drug-likeness (QED) is 0.772. The van der Waals surface area contributed by atoms with Gasteiger partial charge in [0.2, 0.25) is 16.0 Å². The van der Waals surface area contributed by atoms with Crippen LogP contribution < -0.4 is 4.90 Å². The van der Waals surface area contributed by atoms with Gasteiger partial charge < -0.3 is 14.5 Å². The topological polar surface area (TPSA) is 92.6 Å². The molecule has 128 valence electrons. The van der Waals surface area contributed by atoms with Crippen molar-refractivity contribution < 1.29 is 9.63 Å². The Hall–Kier alpha value is -2.00. The Labute approximate surface area is 143 Å². The van der Waals surface area contributed by atoms with Gasteiger partial charge >= 0.3 is 0 Å². The molecule has 4 heterocycles. The molecule has 0 amide bonds. The van der Waals surface area contributed by atoms with E-state index in [9.17, 15) is 0 Å². The van der Waals surface area contributed by atoms with Crippen molar-refractivity contribution in [2.45, 2.75) is 45.1 Å². The zero-order valence-corrected chi connectivity index (χ0v) is 14.5. The summed E-state index contributed by atoms with van der Waals surface area (Å²) in [5, 5.41) is 18.7. The fourth-order valence-corrected chi connectivity index (χ4v) is 3.86. The Morgan fingerprint density at radius 3 is 2.75 bits per heavy atom. The molecule has 0 bridgehead atoms. The van der Waals surface area contributed by atoms with Crippen LogP contribution in [0, 0.1) is 0 Å². The molecular weight excluding hydrogens is 328 g/mol. The van der Waals surface area contributed by atoms with Crippen LogP contribution in [0.2, 0.25) is 0 Å². The van der Waals surface area contributed by atoms with Crippen LogP contribution in [0.4, 0.5) is 5.13 Å². The number of aromatic nitrogens is 5. The van der Waals surface area contributed by atoms with Crippen LogP contribution >= 0.6 is 11.3 Å². The van der Waals surface area contributed by atoms with Crippen molar-refractivity contribution in [1.82, 2.24) is 24.7 Å². The first-order valence-corrected chi connectivity index (χ1v) is 9.00. The molecule has 1 saturated heterocycles. The van der Waals surface area contributed by atoms with Gasteiger partial charge in [0.1, 0.15) is 0 Å². The van der Waals surface area contributed by atoms with Crippen molar-refractivity contribution in [2.24, 2.45) is 0 Å². The molecule has 0 spiro atoms. The van der Waals surface area contributed by atoms with Gasteiger partial charge in [0.15, 0.2) is 5.82 Å². The number of rotatable bonds is 4. The van der Waals surface area contributed by atoms with Gasteiger partial charge in [0, 0.05) is 24.9 Å². The maximum atomic E-state index is 9.12. The Morgan fingerprint density at radius 1 is 1.33 bits per heavy atom. The monoisotopic (exact) mass is 348 g/mol. The first-order valence-electron chi connectivity index (χ1n) is 8.18. The number of hydrogen-bond donors (Lipinski definition) is 1. The van der Waals surface area contributed by atoms with Gasteiger partial charge in [-0.25, -0.2) is 9.50 Å². The molecule has 0 atom stereocenters. The normalized spacial score (nSPS) is 16.6. The zero-order chi connectivity index (χ0) is 16.7. The number of piperidine rings is 1. The summed E-state index contributed by atoms with van der Waals surface area (Å²) in [5.74, 6) is 2.16. The van der Waals surface area contributed by atoms with Crippen molar-refractivity contribution in [3.8, 4) is 0 Å². The van der Waals surface area contributed by atoms with Crippen LogP contribution in [0.15, 0.2) is 10.7 Å². The number of aliphatic hydroxyl groups excluding tert-OH is 1. The average molecular weight is 348 g/mol. The molecular formula is C15H20N6O2S. The number of fused-ring (bicyclic) bond motifs is 1. The fraction of sp³-hybridized carbons (Fsp3) is 0.600. The van der Waals surface area contributed by atoms with Crippen LogP contribution in [0.25, 0.3) is 4.96 Å². The molecule has 0 radical (unpaired) electrons. The van der Waals surface area contributed by atoms with E-state index in [0.29, 0.717) is 11.6 Å². The van der Waals surface area contributed by atoms with Gasteiger partial charge in [-0.3, -0.25) is 0 Å². The van der Waals surface area contributed by atoms with Crippen molar-refractivity contribution in [2.75, 3.05) is 18.0 Å². The first kappa shape index (κ1) is 15.5. The van der Waals surface area contributed by atoms with E-state index in [1.54, 1.807) is 22.0 Å². The molecule has 8 nitrogen and oxygen atoms in total. The highest BCUT2D eigenvalue weighted by Gasteiger charge is 2.27. The third-order valence-electron chi connectivity index (χ3n) is 4.33. The molecule has 0 aliphatic carbocycles. The average Bonchev–Trinajstić information content (AvgIpc) is 3.29. The minimum Gasteiger partial charge on any atom is -0.390 e. The van der Waals surface area contributed by atoms with E-state index in [1.165, 1.54) is 0 Å². The Kier molecular flexibility index (Phi) is 3.97. The predicted octanol–water partition coefficient (Wildman–Crippen LogP) is 2.17. The lowest BCUT2D eigenvalue weighted by atomic mass is 9.97. The third-order valence-corrected chi connectivity index (χ3v) is 5.32. The van der Waals surface area contributed by atoms with Gasteiger partial charge in [0.05, 0.1) is 18.5 Å². The van der Waals surface area contributed by atoms with Gasteiger partial charge in [-0.2, -0.15) is 4.98 Å². The molecule has 0 unspecified atom stereocenters. The number of nitrogens with zero attached hydrogens (tertiary/aromatic N) is 6. The van der Waals surface area contributed by atoms with Crippen molar-refractivity contribution in [1.29, 1.82) is 0 Å². The summed E-state index contributed by atoms with van der Waals surface area (Å²) < 4.78 is 7.18. The Balaban J connectivity index is 1.43. The molecule has 3 aromatic rings. The second-order valence-corrected chi connectivity index (χ2v) is 7.34. The van der Waals surface area contributed by atoms with Crippen LogP contribution in [0.1, 0.15) is 55.9 Å². The first-order chi connectivity index (χ1) is 11.6. The van der Waals surface area contributed by atoms with Crippen molar-refractivity contribution >= 4 is 21.4 Å². The van der Waals surface area contributed by atoms with Crippen molar-refractivity contribution in [3.05, 3.63) is 23.6 Å². The SMILES string of the molecule is CC(C)c1noc(C2CCN(c3nn4cc(CO)nc4s3)CC2)n1. The summed E-state index contributed by atoms with van der Waals surface area (Å²) in [6.07, 6.45) is 3.72. The van der Waals surface area contributed by atoms with E-state index >= 15 is 0 Å². The number of hydrogen-bond acceptors (Lipinski definition) is 8. The zero-order valence-electron chi connectivity index (χ0n) is 13.7. The fourth-order valence-electron chi connectivity index (χ4n) is 2.90. The van der Waals surface area contributed by atoms with E-state index in [0.717, 1.165) is 47.7 Å². The number of anilines is 1. The maximum Gasteiger partial charge on any atom is 0.229 e. The third kappa shape index (κ3) is 2.78. The molecule has 24 heavy (non-hydrogen) atoms. The van der Waals surface area contributed by atoms with Crippen LogP contribution in [0.5, 0.6) is 0 Å². The molecule has 0 saturated carbocycles. The van der Waals surface area contributed by atoms with Crippen LogP contribution in [0.3, 0.4) is 0 Å². The predicted molar refractivity (Wildman–Crippen MR) is 89.4 cm³/mol. The lowest BCUT2D eigenvalue weighted by Gasteiger charge is -2.29. The molecule has 9 heteroatoms. The lowest BCUT2D eigenvalue weighted by Crippen LogP contribution is -2.33. The highest BCUT2D eigenvalue weighted by molar-refractivity contribution is 7.20. The van der Waals surface area contributed by atoms with E-state index in [1.807, 2.05) is 0 Å². The highest BCUT2D eigenvalue weighted by Crippen LogP contribution is 2.32. The Morgan fingerprint density at radius 2 is 2.12 bits per heavy atom. The maximum absolute atomic E-state index is 9.12. The standard InChI is InChI=1S/C15H20N6O2S/c1-9(2)12-17-13(23-19-12)10-3-5-20(6-4-10)15-18-21-7-11(8-22)16-14(21)24-15/h7,9-10,22H,3-6,8H2,1-2H3. The second kappa shape index (κ2) is 6.14. The molecule has 4 rings (SSSR count). The summed E-state index contributed by atoms with van der Waals surface area (Å²) in [4.78, 5) is 12.0. The summed E-state index contributed by atoms with van der Waals surface area (Å²) in [7, 11) is 0. The summed E-state index contributed by atoms with van der Waals surface area (Å²) >= 11 is 1.55. The van der Waals surface area contributed by atoms with Gasteiger partial charge in [-0.15, -0.1) is 5.10 Å². The second-order valence-electron chi connectivity index (χ2n) is 6.41. The molecule has 1 aliphatic rings. The molecule has 1 fully saturated rings. The summed E-state index contributed by atoms with van der Waals surface area (Å²) in [6.45, 7) is 5.90. The summed E-state index contributed by atoms with van der Waals surface area (Å²) in [6, 6.07) is 0. The summed E-state index contributed by atoms with van der Waals surface area (Å²) in [5.41, 5.74) is 0.649. The lowest BCUT2D eigenvalue weighted by molar-refractivity contribution is 0.277. The van der Waals surface area contributed by atoms with E-state index in [-0.39, 0.29) is 12.5 Å². The highest BCUT2D eigenvalue weighted by atomic mass is 32.1. The Bertz CT molecular complexity index is 799. The largest absolute Gasteiger partial charge is 0.390 e. The van der Waals surface area contributed by atoms with Gasteiger partial charge in [-0.1, -0.05) is 30.3 Å². The van der Waals surface area contributed by atoms with E-state index in [2.05, 4.69) is 39.0 Å². The molecule has 1 aliphatic heterocycles. The molecule has 1 N–H and O–H groups in total. The molecule has 0 aromatic carbocycles. The van der Waals surface area contributed by atoms with Gasteiger partial charge in [-0.05, 0) is 12.8 Å². The van der Waals surface area contributed by atoms with E-state index in [4.69, 9.17) is 9.63 Å². The van der Waals surface area contributed by atoms with Gasteiger partial charge in [0.25, 0.3) is 0 Å². The minimum absolute atomic E-state index is 0.0562.